The van der Waals surface area contributed by atoms with Crippen molar-refractivity contribution < 1.29 is 22.7 Å². The molecule has 2 amide bonds. The summed E-state index contributed by atoms with van der Waals surface area (Å²) >= 11 is 0. The third-order valence-corrected chi connectivity index (χ3v) is 6.29. The van der Waals surface area contributed by atoms with Crippen molar-refractivity contribution in [1.82, 2.24) is 19.0 Å². The van der Waals surface area contributed by atoms with E-state index in [1.54, 1.807) is 47.4 Å². The highest BCUT2D eigenvalue weighted by atomic mass is 32.2. The highest BCUT2D eigenvalue weighted by Crippen LogP contribution is 2.27. The topological polar surface area (TPSA) is 102 Å². The first-order valence-corrected chi connectivity index (χ1v) is 9.46. The van der Waals surface area contributed by atoms with E-state index in [1.807, 2.05) is 0 Å². The molecule has 2 aliphatic heterocycles. The minimum Gasteiger partial charge on any atom is -0.439 e. The standard InChI is InChI=1S/C16H16N4O5S/c21-15-11-25-16(22)19(15)10-12-8-18(9-12)26(23,24)14-4-2-13(3-5-14)20-7-1-6-17-20/h1-7,12H,8-11H2. The van der Waals surface area contributed by atoms with Gasteiger partial charge >= 0.3 is 6.09 Å². The Balaban J connectivity index is 1.40. The fourth-order valence-electron chi connectivity index (χ4n) is 2.99. The molecule has 1 aromatic carbocycles. The average molecular weight is 376 g/mol. The summed E-state index contributed by atoms with van der Waals surface area (Å²) in [6.07, 6.45) is 2.76. The summed E-state index contributed by atoms with van der Waals surface area (Å²) in [6, 6.07) is 8.25. The molecule has 4 rings (SSSR count). The van der Waals surface area contributed by atoms with Crippen molar-refractivity contribution in [1.29, 1.82) is 0 Å². The smallest absolute Gasteiger partial charge is 0.417 e. The number of hydrogen-bond acceptors (Lipinski definition) is 6. The van der Waals surface area contributed by atoms with E-state index in [-0.39, 0.29) is 43.0 Å². The van der Waals surface area contributed by atoms with Gasteiger partial charge in [-0.15, -0.1) is 0 Å². The van der Waals surface area contributed by atoms with Crippen LogP contribution < -0.4 is 0 Å². The van der Waals surface area contributed by atoms with Crippen molar-refractivity contribution in [2.45, 2.75) is 4.90 Å². The van der Waals surface area contributed by atoms with Gasteiger partial charge in [-0.3, -0.25) is 4.79 Å². The fourth-order valence-corrected chi connectivity index (χ4v) is 4.58. The predicted octanol–water partition coefficient (Wildman–Crippen LogP) is 0.472. The number of rotatable bonds is 5. The van der Waals surface area contributed by atoms with E-state index in [0.717, 1.165) is 10.6 Å². The number of cyclic esters (lactones) is 1. The lowest BCUT2D eigenvalue weighted by atomic mass is 10.0. The van der Waals surface area contributed by atoms with Crippen molar-refractivity contribution in [3.8, 4) is 5.69 Å². The lowest BCUT2D eigenvalue weighted by Crippen LogP contribution is -2.54. The molecule has 2 aromatic rings. The number of amides is 2. The fraction of sp³-hybridized carbons (Fsp3) is 0.312. The van der Waals surface area contributed by atoms with Gasteiger partial charge in [-0.2, -0.15) is 9.40 Å². The molecule has 0 bridgehead atoms. The van der Waals surface area contributed by atoms with Crippen LogP contribution in [0, 0.1) is 5.92 Å². The maximum absolute atomic E-state index is 12.7. The molecule has 9 nitrogen and oxygen atoms in total. The SMILES string of the molecule is O=C1COC(=O)N1CC1CN(S(=O)(=O)c2ccc(-n3cccn3)cc2)C1. The predicted molar refractivity (Wildman–Crippen MR) is 88.9 cm³/mol. The van der Waals surface area contributed by atoms with Gasteiger partial charge in [0.25, 0.3) is 5.91 Å². The maximum atomic E-state index is 12.7. The molecule has 0 N–H and O–H groups in total. The van der Waals surface area contributed by atoms with Crippen LogP contribution in [0.1, 0.15) is 0 Å². The van der Waals surface area contributed by atoms with Crippen molar-refractivity contribution in [3.63, 3.8) is 0 Å². The molecule has 0 saturated carbocycles. The van der Waals surface area contributed by atoms with Crippen LogP contribution in [0.15, 0.2) is 47.6 Å². The van der Waals surface area contributed by atoms with Gasteiger partial charge < -0.3 is 4.74 Å². The van der Waals surface area contributed by atoms with Gasteiger partial charge in [-0.1, -0.05) is 0 Å². The van der Waals surface area contributed by atoms with Crippen LogP contribution in [0.2, 0.25) is 0 Å². The Hall–Kier alpha value is -2.72. The van der Waals surface area contributed by atoms with Crippen molar-refractivity contribution in [3.05, 3.63) is 42.7 Å². The minimum absolute atomic E-state index is 0.0808. The summed E-state index contributed by atoms with van der Waals surface area (Å²) in [7, 11) is -3.60. The quantitative estimate of drug-likeness (QED) is 0.752. The molecule has 2 fully saturated rings. The number of carbonyl (C=O) groups is 2. The van der Waals surface area contributed by atoms with E-state index in [4.69, 9.17) is 0 Å². The van der Waals surface area contributed by atoms with Gasteiger partial charge in [0, 0.05) is 37.9 Å². The van der Waals surface area contributed by atoms with Gasteiger partial charge in [0.1, 0.15) is 0 Å². The van der Waals surface area contributed by atoms with Crippen LogP contribution in [-0.4, -0.2) is 65.6 Å². The summed E-state index contributed by atoms with van der Waals surface area (Å²) in [6.45, 7) is 0.471. The Morgan fingerprint density at radius 1 is 1.15 bits per heavy atom. The van der Waals surface area contributed by atoms with Crippen LogP contribution in [0.25, 0.3) is 5.69 Å². The lowest BCUT2D eigenvalue weighted by molar-refractivity contribution is -0.126. The zero-order chi connectivity index (χ0) is 18.3. The summed E-state index contributed by atoms with van der Waals surface area (Å²) < 4.78 is 32.9. The van der Waals surface area contributed by atoms with Gasteiger partial charge in [-0.25, -0.2) is 22.8 Å². The molecule has 0 radical (unpaired) electrons. The van der Waals surface area contributed by atoms with Gasteiger partial charge in [0.2, 0.25) is 10.0 Å². The third kappa shape index (κ3) is 2.86. The minimum atomic E-state index is -3.60. The summed E-state index contributed by atoms with van der Waals surface area (Å²) in [5.74, 6) is -0.465. The molecule has 136 valence electrons. The molecule has 2 saturated heterocycles. The molecular formula is C16H16N4O5S. The van der Waals surface area contributed by atoms with Crippen molar-refractivity contribution in [2.24, 2.45) is 5.92 Å². The van der Waals surface area contributed by atoms with E-state index < -0.39 is 16.1 Å². The number of benzene rings is 1. The van der Waals surface area contributed by atoms with E-state index >= 15 is 0 Å². The number of aromatic nitrogens is 2. The number of sulfonamides is 1. The first kappa shape index (κ1) is 16.7. The van der Waals surface area contributed by atoms with Crippen LogP contribution >= 0.6 is 0 Å². The maximum Gasteiger partial charge on any atom is 0.417 e. The zero-order valence-corrected chi connectivity index (χ0v) is 14.5. The lowest BCUT2D eigenvalue weighted by Gasteiger charge is -2.39. The number of nitrogens with zero attached hydrogens (tertiary/aromatic N) is 4. The van der Waals surface area contributed by atoms with E-state index in [2.05, 4.69) is 9.84 Å². The second-order valence-corrected chi connectivity index (χ2v) is 8.13. The van der Waals surface area contributed by atoms with E-state index in [9.17, 15) is 18.0 Å². The van der Waals surface area contributed by atoms with Gasteiger partial charge in [0.15, 0.2) is 6.61 Å². The largest absolute Gasteiger partial charge is 0.439 e. The first-order valence-electron chi connectivity index (χ1n) is 8.02. The molecule has 0 aliphatic carbocycles. The molecule has 0 unspecified atom stereocenters. The van der Waals surface area contributed by atoms with Crippen LogP contribution in [0.3, 0.4) is 0 Å². The molecule has 0 spiro atoms. The Morgan fingerprint density at radius 2 is 1.88 bits per heavy atom. The molecule has 26 heavy (non-hydrogen) atoms. The van der Waals surface area contributed by atoms with E-state index in [1.165, 1.54) is 4.31 Å². The highest BCUT2D eigenvalue weighted by molar-refractivity contribution is 7.89. The molecule has 3 heterocycles. The number of ether oxygens (including phenoxy) is 1. The Morgan fingerprint density at radius 3 is 2.46 bits per heavy atom. The van der Waals surface area contributed by atoms with Crippen LogP contribution in [0.4, 0.5) is 4.79 Å². The molecule has 2 aliphatic rings. The van der Waals surface area contributed by atoms with Crippen LogP contribution in [-0.2, 0) is 19.6 Å². The van der Waals surface area contributed by atoms with Gasteiger partial charge in [-0.05, 0) is 30.3 Å². The second kappa shape index (κ2) is 6.22. The second-order valence-electron chi connectivity index (χ2n) is 6.19. The summed E-state index contributed by atoms with van der Waals surface area (Å²) in [5.41, 5.74) is 0.765. The number of hydrogen-bond donors (Lipinski definition) is 0. The van der Waals surface area contributed by atoms with Crippen LogP contribution in [0.5, 0.6) is 0 Å². The molecular weight excluding hydrogens is 360 g/mol. The Kier molecular flexibility index (Phi) is 4.00. The highest BCUT2D eigenvalue weighted by Gasteiger charge is 2.41. The summed E-state index contributed by atoms with van der Waals surface area (Å²) in [5, 5.41) is 4.10. The van der Waals surface area contributed by atoms with Gasteiger partial charge in [0.05, 0.1) is 10.6 Å². The van der Waals surface area contributed by atoms with Crippen molar-refractivity contribution in [2.75, 3.05) is 26.2 Å². The molecule has 1 aromatic heterocycles. The number of imide groups is 1. The van der Waals surface area contributed by atoms with Crippen molar-refractivity contribution >= 4 is 22.0 Å². The monoisotopic (exact) mass is 376 g/mol. The molecule has 10 heteroatoms. The Bertz CT molecular complexity index is 918. The molecule has 0 atom stereocenters. The number of carbonyl (C=O) groups excluding carboxylic acids is 2. The van der Waals surface area contributed by atoms with E-state index in [0.29, 0.717) is 0 Å². The first-order chi connectivity index (χ1) is 12.4. The average Bonchev–Trinajstić information content (AvgIpc) is 3.22. The third-order valence-electron chi connectivity index (χ3n) is 4.45. The summed E-state index contributed by atoms with van der Waals surface area (Å²) in [4.78, 5) is 24.2. The normalized spacial score (nSPS) is 18.8. The zero-order valence-electron chi connectivity index (χ0n) is 13.7. The Labute approximate surface area is 149 Å².